The number of non-ortho nitro benzene ring substituents is 1. The van der Waals surface area contributed by atoms with Crippen molar-refractivity contribution in [3.05, 3.63) is 39.9 Å². The van der Waals surface area contributed by atoms with E-state index in [1.165, 1.54) is 12.0 Å². The van der Waals surface area contributed by atoms with Crippen molar-refractivity contribution in [1.82, 2.24) is 5.32 Å². The van der Waals surface area contributed by atoms with E-state index in [9.17, 15) is 10.1 Å². The van der Waals surface area contributed by atoms with Gasteiger partial charge in [-0.1, -0.05) is 26.0 Å². The average Bonchev–Trinajstić information content (AvgIpc) is 2.38. The highest BCUT2D eigenvalue weighted by molar-refractivity contribution is 5.32. The zero-order valence-corrected chi connectivity index (χ0v) is 11.9. The topological polar surface area (TPSA) is 55.2 Å². The van der Waals surface area contributed by atoms with Crippen molar-refractivity contribution in [3.63, 3.8) is 0 Å². The van der Waals surface area contributed by atoms with Crippen molar-refractivity contribution < 1.29 is 4.92 Å². The SMILES string of the molecule is CC(C)CCNCCCCc1ccc([N+](=O)[O-])cc1. The first-order chi connectivity index (χ1) is 9.09. The summed E-state index contributed by atoms with van der Waals surface area (Å²) in [5.41, 5.74) is 1.34. The van der Waals surface area contributed by atoms with Crippen molar-refractivity contribution in [1.29, 1.82) is 0 Å². The third-order valence-corrected chi connectivity index (χ3v) is 3.11. The first-order valence-corrected chi connectivity index (χ1v) is 7.03. The van der Waals surface area contributed by atoms with Gasteiger partial charge in [-0.3, -0.25) is 10.1 Å². The standard InChI is InChI=1S/C15H24N2O2/c1-13(2)10-12-16-11-4-3-5-14-6-8-15(9-7-14)17(18)19/h6-9,13,16H,3-5,10-12H2,1-2H3. The maximum Gasteiger partial charge on any atom is 0.269 e. The van der Waals surface area contributed by atoms with Gasteiger partial charge in [0.25, 0.3) is 5.69 Å². The van der Waals surface area contributed by atoms with Crippen LogP contribution in [0.4, 0.5) is 5.69 Å². The van der Waals surface area contributed by atoms with Gasteiger partial charge < -0.3 is 5.32 Å². The molecule has 0 amide bonds. The lowest BCUT2D eigenvalue weighted by Crippen LogP contribution is -2.18. The summed E-state index contributed by atoms with van der Waals surface area (Å²) in [5.74, 6) is 0.757. The summed E-state index contributed by atoms with van der Waals surface area (Å²) in [7, 11) is 0. The van der Waals surface area contributed by atoms with Crippen molar-refractivity contribution >= 4 is 5.69 Å². The largest absolute Gasteiger partial charge is 0.317 e. The van der Waals surface area contributed by atoms with E-state index in [1.807, 2.05) is 12.1 Å². The molecule has 0 aliphatic heterocycles. The van der Waals surface area contributed by atoms with E-state index in [1.54, 1.807) is 12.1 Å². The predicted octanol–water partition coefficient (Wildman–Crippen LogP) is 3.55. The van der Waals surface area contributed by atoms with Gasteiger partial charge in [-0.05, 0) is 50.3 Å². The Hall–Kier alpha value is -1.42. The molecule has 0 atom stereocenters. The lowest BCUT2D eigenvalue weighted by molar-refractivity contribution is -0.384. The normalized spacial score (nSPS) is 10.9. The molecule has 0 bridgehead atoms. The number of unbranched alkanes of at least 4 members (excludes halogenated alkanes) is 1. The maximum atomic E-state index is 10.5. The van der Waals surface area contributed by atoms with Crippen LogP contribution in [-0.2, 0) is 6.42 Å². The van der Waals surface area contributed by atoms with Crippen LogP contribution < -0.4 is 5.32 Å². The quantitative estimate of drug-likeness (QED) is 0.421. The third kappa shape index (κ3) is 6.91. The number of nitro benzene ring substituents is 1. The van der Waals surface area contributed by atoms with Gasteiger partial charge in [-0.2, -0.15) is 0 Å². The summed E-state index contributed by atoms with van der Waals surface area (Å²) in [6.45, 7) is 6.61. The first-order valence-electron chi connectivity index (χ1n) is 7.03. The number of hydrogen-bond acceptors (Lipinski definition) is 3. The van der Waals surface area contributed by atoms with E-state index in [4.69, 9.17) is 0 Å². The molecular weight excluding hydrogens is 240 g/mol. The summed E-state index contributed by atoms with van der Waals surface area (Å²) >= 11 is 0. The fraction of sp³-hybridized carbons (Fsp3) is 0.600. The van der Waals surface area contributed by atoms with E-state index < -0.39 is 0 Å². The average molecular weight is 264 g/mol. The molecule has 0 unspecified atom stereocenters. The molecule has 0 aliphatic rings. The van der Waals surface area contributed by atoms with Gasteiger partial charge >= 0.3 is 0 Å². The second-order valence-corrected chi connectivity index (χ2v) is 5.31. The molecule has 106 valence electrons. The highest BCUT2D eigenvalue weighted by Gasteiger charge is 2.03. The number of hydrogen-bond donors (Lipinski definition) is 1. The smallest absolute Gasteiger partial charge is 0.269 e. The van der Waals surface area contributed by atoms with Crippen LogP contribution in [0.3, 0.4) is 0 Å². The van der Waals surface area contributed by atoms with Gasteiger partial charge in [0, 0.05) is 12.1 Å². The van der Waals surface area contributed by atoms with E-state index in [0.717, 1.165) is 38.3 Å². The monoisotopic (exact) mass is 264 g/mol. The zero-order chi connectivity index (χ0) is 14.1. The number of benzene rings is 1. The number of nitrogens with one attached hydrogen (secondary N) is 1. The lowest BCUT2D eigenvalue weighted by atomic mass is 10.1. The first kappa shape index (κ1) is 15.6. The molecule has 1 aromatic carbocycles. The molecule has 0 fully saturated rings. The molecule has 0 radical (unpaired) electrons. The van der Waals surface area contributed by atoms with Crippen LogP contribution in [0.25, 0.3) is 0 Å². The van der Waals surface area contributed by atoms with Gasteiger partial charge in [0.2, 0.25) is 0 Å². The molecule has 1 rings (SSSR count). The van der Waals surface area contributed by atoms with Crippen LogP contribution in [0.2, 0.25) is 0 Å². The molecule has 4 heteroatoms. The van der Waals surface area contributed by atoms with Gasteiger partial charge in [0.1, 0.15) is 0 Å². The van der Waals surface area contributed by atoms with Crippen LogP contribution in [0.5, 0.6) is 0 Å². The Morgan fingerprint density at radius 1 is 1.16 bits per heavy atom. The Bertz CT molecular complexity index is 374. The summed E-state index contributed by atoms with van der Waals surface area (Å²) in [5, 5.41) is 14.0. The zero-order valence-electron chi connectivity index (χ0n) is 11.9. The minimum atomic E-state index is -0.359. The van der Waals surface area contributed by atoms with Crippen molar-refractivity contribution in [2.45, 2.75) is 39.5 Å². The maximum absolute atomic E-state index is 10.5. The molecule has 0 aromatic heterocycles. The van der Waals surface area contributed by atoms with Gasteiger partial charge in [0.05, 0.1) is 4.92 Å². The number of rotatable bonds is 9. The molecule has 1 aromatic rings. The number of nitrogens with zero attached hydrogens (tertiary/aromatic N) is 1. The fourth-order valence-corrected chi connectivity index (χ4v) is 1.88. The van der Waals surface area contributed by atoms with Crippen molar-refractivity contribution in [2.24, 2.45) is 5.92 Å². The Labute approximate surface area is 115 Å². The molecule has 4 nitrogen and oxygen atoms in total. The molecule has 0 heterocycles. The Kier molecular flexibility index (Phi) is 7.11. The second-order valence-electron chi connectivity index (χ2n) is 5.31. The minimum absolute atomic E-state index is 0.166. The van der Waals surface area contributed by atoms with Crippen LogP contribution in [0.15, 0.2) is 24.3 Å². The van der Waals surface area contributed by atoms with Crippen LogP contribution in [0.1, 0.15) is 38.7 Å². The lowest BCUT2D eigenvalue weighted by Gasteiger charge is -2.06. The van der Waals surface area contributed by atoms with Crippen molar-refractivity contribution in [2.75, 3.05) is 13.1 Å². The van der Waals surface area contributed by atoms with Crippen LogP contribution in [0, 0.1) is 16.0 Å². The van der Waals surface area contributed by atoms with E-state index >= 15 is 0 Å². The molecule has 0 saturated carbocycles. The Morgan fingerprint density at radius 3 is 2.42 bits per heavy atom. The van der Waals surface area contributed by atoms with E-state index in [2.05, 4.69) is 19.2 Å². The highest BCUT2D eigenvalue weighted by atomic mass is 16.6. The number of aryl methyl sites for hydroxylation is 1. The van der Waals surface area contributed by atoms with Crippen LogP contribution in [-0.4, -0.2) is 18.0 Å². The van der Waals surface area contributed by atoms with E-state index in [0.29, 0.717) is 0 Å². The second kappa shape index (κ2) is 8.64. The molecule has 19 heavy (non-hydrogen) atoms. The minimum Gasteiger partial charge on any atom is -0.317 e. The summed E-state index contributed by atoms with van der Waals surface area (Å²) in [6, 6.07) is 6.86. The third-order valence-electron chi connectivity index (χ3n) is 3.11. The molecule has 1 N–H and O–H groups in total. The van der Waals surface area contributed by atoms with Gasteiger partial charge in [0.15, 0.2) is 0 Å². The Morgan fingerprint density at radius 2 is 1.84 bits per heavy atom. The molecule has 0 aliphatic carbocycles. The summed E-state index contributed by atoms with van der Waals surface area (Å²) < 4.78 is 0. The van der Waals surface area contributed by atoms with Gasteiger partial charge in [-0.25, -0.2) is 0 Å². The van der Waals surface area contributed by atoms with Crippen molar-refractivity contribution in [3.8, 4) is 0 Å². The predicted molar refractivity (Wildman–Crippen MR) is 78.4 cm³/mol. The molecular formula is C15H24N2O2. The van der Waals surface area contributed by atoms with E-state index in [-0.39, 0.29) is 10.6 Å². The van der Waals surface area contributed by atoms with Crippen LogP contribution >= 0.6 is 0 Å². The highest BCUT2D eigenvalue weighted by Crippen LogP contribution is 2.13. The van der Waals surface area contributed by atoms with Gasteiger partial charge in [-0.15, -0.1) is 0 Å². The summed E-state index contributed by atoms with van der Waals surface area (Å²) in [4.78, 5) is 10.2. The Balaban J connectivity index is 2.11. The fourth-order valence-electron chi connectivity index (χ4n) is 1.88. The molecule has 0 saturated heterocycles. The number of nitro groups is 1. The molecule has 0 spiro atoms. The summed E-state index contributed by atoms with van der Waals surface area (Å²) in [6.07, 6.45) is 4.48.